The number of aryl methyl sites for hydroxylation is 1. The third-order valence-corrected chi connectivity index (χ3v) is 7.23. The number of aromatic nitrogens is 2. The average molecular weight is 403 g/mol. The summed E-state index contributed by atoms with van der Waals surface area (Å²) in [4.78, 5) is 19.2. The standard InChI is InChI=1S/C25H30N4O/c1-16-5-7-22-21(10-16)25-23-8-6-19(28(23)2)12-24(25)29(22)15-18(11-20(30)13-26)17-4-3-9-27-14-17/h3-5,7,9-10,14,18-19,23H,6,8,11-13,15,26H2,1-2H3. The summed E-state index contributed by atoms with van der Waals surface area (Å²) >= 11 is 0. The molecule has 4 heterocycles. The van der Waals surface area contributed by atoms with Crippen LogP contribution in [0.3, 0.4) is 0 Å². The van der Waals surface area contributed by atoms with Gasteiger partial charge in [0.25, 0.3) is 0 Å². The first-order valence-electron chi connectivity index (χ1n) is 11.0. The van der Waals surface area contributed by atoms with Crippen molar-refractivity contribution in [2.24, 2.45) is 5.73 Å². The minimum absolute atomic E-state index is 0.0769. The van der Waals surface area contributed by atoms with Gasteiger partial charge in [0.2, 0.25) is 0 Å². The second kappa shape index (κ2) is 7.64. The predicted octanol–water partition coefficient (Wildman–Crippen LogP) is 3.74. The van der Waals surface area contributed by atoms with Crippen LogP contribution >= 0.6 is 0 Å². The number of nitrogens with zero attached hydrogens (tertiary/aromatic N) is 3. The van der Waals surface area contributed by atoms with Gasteiger partial charge < -0.3 is 10.3 Å². The highest BCUT2D eigenvalue weighted by Gasteiger charge is 2.41. The van der Waals surface area contributed by atoms with Crippen molar-refractivity contribution >= 4 is 16.7 Å². The molecule has 3 atom stereocenters. The molecule has 2 aromatic heterocycles. The summed E-state index contributed by atoms with van der Waals surface area (Å²) in [5.74, 6) is 0.179. The number of hydrogen-bond donors (Lipinski definition) is 1. The highest BCUT2D eigenvalue weighted by atomic mass is 16.1. The maximum absolute atomic E-state index is 12.3. The van der Waals surface area contributed by atoms with Crippen LogP contribution in [0.5, 0.6) is 0 Å². The Morgan fingerprint density at radius 1 is 1.30 bits per heavy atom. The zero-order chi connectivity index (χ0) is 20.8. The molecule has 0 aliphatic carbocycles. The van der Waals surface area contributed by atoms with Gasteiger partial charge >= 0.3 is 0 Å². The van der Waals surface area contributed by atoms with Gasteiger partial charge in [0, 0.05) is 66.4 Å². The van der Waals surface area contributed by atoms with Gasteiger partial charge in [0.15, 0.2) is 0 Å². The molecule has 5 heteroatoms. The van der Waals surface area contributed by atoms with Crippen LogP contribution in [0.2, 0.25) is 0 Å². The Balaban J connectivity index is 1.63. The first-order chi connectivity index (χ1) is 14.6. The number of nitrogens with two attached hydrogens (primary N) is 1. The first kappa shape index (κ1) is 19.5. The van der Waals surface area contributed by atoms with Gasteiger partial charge in [-0.05, 0) is 56.1 Å². The molecule has 156 valence electrons. The number of carbonyl (C=O) groups excluding carboxylic acids is 1. The van der Waals surface area contributed by atoms with Crippen molar-refractivity contribution in [3.8, 4) is 0 Å². The maximum Gasteiger partial charge on any atom is 0.147 e. The van der Waals surface area contributed by atoms with Crippen LogP contribution in [0.4, 0.5) is 0 Å². The van der Waals surface area contributed by atoms with Gasteiger partial charge in [0.05, 0.1) is 6.54 Å². The molecule has 2 aliphatic rings. The highest BCUT2D eigenvalue weighted by molar-refractivity contribution is 5.87. The summed E-state index contributed by atoms with van der Waals surface area (Å²) < 4.78 is 2.50. The van der Waals surface area contributed by atoms with Crippen LogP contribution < -0.4 is 5.73 Å². The lowest BCUT2D eigenvalue weighted by Crippen LogP contribution is -2.35. The van der Waals surface area contributed by atoms with E-state index in [9.17, 15) is 4.79 Å². The second-order valence-electron chi connectivity index (χ2n) is 9.04. The SMILES string of the molecule is Cc1ccc2c(c1)c1c(n2CC(CC(=O)CN)c2cccnc2)CC2CCC1N2C. The van der Waals surface area contributed by atoms with E-state index in [2.05, 4.69) is 52.7 Å². The summed E-state index contributed by atoms with van der Waals surface area (Å²) in [6.07, 6.45) is 7.72. The van der Waals surface area contributed by atoms with Crippen LogP contribution in [-0.4, -0.2) is 39.9 Å². The molecule has 3 aromatic rings. The van der Waals surface area contributed by atoms with E-state index < -0.39 is 0 Å². The third-order valence-electron chi connectivity index (χ3n) is 7.23. The number of Topliss-reactive ketones (excluding diaryl/α,β-unsaturated/α-hetero) is 1. The number of benzene rings is 1. The molecule has 0 amide bonds. The number of rotatable bonds is 6. The smallest absolute Gasteiger partial charge is 0.147 e. The van der Waals surface area contributed by atoms with Gasteiger partial charge in [-0.15, -0.1) is 0 Å². The van der Waals surface area contributed by atoms with E-state index in [1.807, 2.05) is 12.3 Å². The number of carbonyl (C=O) groups is 1. The van der Waals surface area contributed by atoms with Crippen LogP contribution in [0.25, 0.3) is 10.9 Å². The number of hydrogen-bond acceptors (Lipinski definition) is 4. The normalized spacial score (nSPS) is 21.7. The van der Waals surface area contributed by atoms with Gasteiger partial charge in [-0.1, -0.05) is 17.7 Å². The van der Waals surface area contributed by atoms with Crippen molar-refractivity contribution in [2.45, 2.75) is 57.2 Å². The molecule has 2 N–H and O–H groups in total. The number of fused-ring (bicyclic) bond motifs is 6. The molecule has 5 rings (SSSR count). The average Bonchev–Trinajstić information content (AvgIpc) is 3.17. The molecule has 0 radical (unpaired) electrons. The molecule has 1 saturated heterocycles. The fourth-order valence-electron chi connectivity index (χ4n) is 5.66. The predicted molar refractivity (Wildman–Crippen MR) is 120 cm³/mol. The van der Waals surface area contributed by atoms with Gasteiger partial charge in [-0.3, -0.25) is 14.7 Å². The highest BCUT2D eigenvalue weighted by Crippen LogP contribution is 2.47. The number of likely N-dealkylation sites (N-methyl/N-ethyl adjacent to an activating group) is 1. The van der Waals surface area contributed by atoms with E-state index in [1.54, 1.807) is 6.20 Å². The number of ketones is 1. The zero-order valence-electron chi connectivity index (χ0n) is 17.8. The fraction of sp³-hybridized carbons (Fsp3) is 0.440. The molecule has 0 spiro atoms. The molecular weight excluding hydrogens is 372 g/mol. The summed E-state index contributed by atoms with van der Waals surface area (Å²) in [6, 6.07) is 12.0. The Hall–Kier alpha value is -2.50. The lowest BCUT2D eigenvalue weighted by Gasteiger charge is -2.33. The van der Waals surface area contributed by atoms with Crippen molar-refractivity contribution in [1.82, 2.24) is 14.5 Å². The maximum atomic E-state index is 12.3. The van der Waals surface area contributed by atoms with Crippen LogP contribution in [0.15, 0.2) is 42.7 Å². The van der Waals surface area contributed by atoms with E-state index >= 15 is 0 Å². The minimum Gasteiger partial charge on any atom is -0.344 e. The monoisotopic (exact) mass is 402 g/mol. The van der Waals surface area contributed by atoms with E-state index in [0.717, 1.165) is 18.5 Å². The molecule has 0 saturated carbocycles. The molecule has 2 bridgehead atoms. The third kappa shape index (κ3) is 3.17. The van der Waals surface area contributed by atoms with Crippen molar-refractivity contribution in [3.63, 3.8) is 0 Å². The van der Waals surface area contributed by atoms with Crippen molar-refractivity contribution in [1.29, 1.82) is 0 Å². The Morgan fingerprint density at radius 2 is 2.17 bits per heavy atom. The Kier molecular flexibility index (Phi) is 4.95. The van der Waals surface area contributed by atoms with Gasteiger partial charge in [-0.25, -0.2) is 0 Å². The van der Waals surface area contributed by atoms with Crippen molar-refractivity contribution < 1.29 is 4.79 Å². The fourth-order valence-corrected chi connectivity index (χ4v) is 5.66. The van der Waals surface area contributed by atoms with Crippen molar-refractivity contribution in [3.05, 3.63) is 65.1 Å². The molecule has 1 aromatic carbocycles. The Morgan fingerprint density at radius 3 is 2.93 bits per heavy atom. The molecule has 30 heavy (non-hydrogen) atoms. The number of pyridine rings is 1. The van der Waals surface area contributed by atoms with Crippen LogP contribution in [0.1, 0.15) is 53.6 Å². The Bertz CT molecular complexity index is 1090. The Labute approximate surface area is 177 Å². The second-order valence-corrected chi connectivity index (χ2v) is 9.04. The lowest BCUT2D eigenvalue weighted by molar-refractivity contribution is -0.118. The van der Waals surface area contributed by atoms with Crippen LogP contribution in [-0.2, 0) is 17.8 Å². The van der Waals surface area contributed by atoms with E-state index in [4.69, 9.17) is 5.73 Å². The molecule has 1 fully saturated rings. The molecule has 3 unspecified atom stereocenters. The summed E-state index contributed by atoms with van der Waals surface area (Å²) in [5.41, 5.74) is 12.4. The van der Waals surface area contributed by atoms with E-state index in [1.165, 1.54) is 40.6 Å². The van der Waals surface area contributed by atoms with Crippen LogP contribution in [0, 0.1) is 6.92 Å². The summed E-state index contributed by atoms with van der Waals surface area (Å²) in [7, 11) is 2.28. The lowest BCUT2D eigenvalue weighted by atomic mass is 9.94. The minimum atomic E-state index is 0.0769. The largest absolute Gasteiger partial charge is 0.344 e. The molecule has 5 nitrogen and oxygen atoms in total. The molecule has 2 aliphatic heterocycles. The van der Waals surface area contributed by atoms with E-state index in [-0.39, 0.29) is 18.2 Å². The summed E-state index contributed by atoms with van der Waals surface area (Å²) in [6.45, 7) is 3.05. The van der Waals surface area contributed by atoms with Crippen molar-refractivity contribution in [2.75, 3.05) is 13.6 Å². The summed E-state index contributed by atoms with van der Waals surface area (Å²) in [5, 5.41) is 1.39. The van der Waals surface area contributed by atoms with Gasteiger partial charge in [0.1, 0.15) is 5.78 Å². The van der Waals surface area contributed by atoms with Gasteiger partial charge in [-0.2, -0.15) is 0 Å². The zero-order valence-corrected chi connectivity index (χ0v) is 17.8. The quantitative estimate of drug-likeness (QED) is 0.682. The first-order valence-corrected chi connectivity index (χ1v) is 11.0. The van der Waals surface area contributed by atoms with E-state index in [0.29, 0.717) is 18.5 Å². The molecular formula is C25H30N4O. The topological polar surface area (TPSA) is 64.1 Å².